The topological polar surface area (TPSA) is 54.4 Å². The summed E-state index contributed by atoms with van der Waals surface area (Å²) in [6, 6.07) is 8.42. The van der Waals surface area contributed by atoms with Gasteiger partial charge in [0.2, 0.25) is 0 Å². The van der Waals surface area contributed by atoms with E-state index in [1.165, 1.54) is 0 Å². The van der Waals surface area contributed by atoms with E-state index >= 15 is 0 Å². The van der Waals surface area contributed by atoms with E-state index in [1.54, 1.807) is 30.3 Å². The molecule has 16 heavy (non-hydrogen) atoms. The highest BCUT2D eigenvalue weighted by atomic mass is 32.2. The molecule has 4 heteroatoms. The molecule has 1 aromatic rings. The average molecular weight is 242 g/mol. The number of aliphatic hydroxyl groups is 1. The maximum atomic E-state index is 12.0. The number of benzene rings is 1. The Bertz CT molecular complexity index is 421. The number of hydrogen-bond donors (Lipinski definition) is 1. The van der Waals surface area contributed by atoms with Crippen LogP contribution in [-0.4, -0.2) is 25.9 Å². The van der Waals surface area contributed by atoms with Gasteiger partial charge in [-0.25, -0.2) is 8.42 Å². The summed E-state index contributed by atoms with van der Waals surface area (Å²) in [4.78, 5) is 0.348. The second-order valence-electron chi connectivity index (χ2n) is 4.71. The zero-order chi connectivity index (χ0) is 12.2. The van der Waals surface area contributed by atoms with Crippen LogP contribution in [0.15, 0.2) is 35.2 Å². The molecule has 0 unspecified atom stereocenters. The molecule has 0 amide bonds. The van der Waals surface area contributed by atoms with Gasteiger partial charge in [0.1, 0.15) is 0 Å². The van der Waals surface area contributed by atoms with Crippen molar-refractivity contribution in [2.45, 2.75) is 25.2 Å². The molecule has 3 nitrogen and oxygen atoms in total. The Kier molecular flexibility index (Phi) is 4.10. The Morgan fingerprint density at radius 2 is 1.75 bits per heavy atom. The molecule has 0 radical (unpaired) electrons. The van der Waals surface area contributed by atoms with E-state index in [0.29, 0.717) is 11.3 Å². The maximum Gasteiger partial charge on any atom is 0.178 e. The molecular weight excluding hydrogens is 224 g/mol. The van der Waals surface area contributed by atoms with Crippen molar-refractivity contribution in [2.24, 2.45) is 5.41 Å². The van der Waals surface area contributed by atoms with Crippen LogP contribution in [0.25, 0.3) is 0 Å². The SMILES string of the molecule is CC(C)(CCO)CS(=O)(=O)c1ccccc1. The highest BCUT2D eigenvalue weighted by molar-refractivity contribution is 7.91. The Hall–Kier alpha value is -0.870. The van der Waals surface area contributed by atoms with Crippen molar-refractivity contribution in [3.05, 3.63) is 30.3 Å². The second kappa shape index (κ2) is 4.97. The quantitative estimate of drug-likeness (QED) is 0.857. The molecular formula is C12H18O3S. The van der Waals surface area contributed by atoms with Crippen LogP contribution in [0.4, 0.5) is 0 Å². The van der Waals surface area contributed by atoms with E-state index < -0.39 is 15.3 Å². The van der Waals surface area contributed by atoms with E-state index in [4.69, 9.17) is 5.11 Å². The van der Waals surface area contributed by atoms with Crippen molar-refractivity contribution in [3.8, 4) is 0 Å². The lowest BCUT2D eigenvalue weighted by Gasteiger charge is -2.23. The standard InChI is InChI=1S/C12H18O3S/c1-12(2,8-9-13)10-16(14,15)11-6-4-3-5-7-11/h3-7,13H,8-10H2,1-2H3. The van der Waals surface area contributed by atoms with E-state index in [-0.39, 0.29) is 12.4 Å². The van der Waals surface area contributed by atoms with Crippen molar-refractivity contribution in [2.75, 3.05) is 12.4 Å². The summed E-state index contributed by atoms with van der Waals surface area (Å²) in [5, 5.41) is 8.87. The van der Waals surface area contributed by atoms with Crippen LogP contribution in [0.5, 0.6) is 0 Å². The summed E-state index contributed by atoms with van der Waals surface area (Å²) >= 11 is 0. The van der Waals surface area contributed by atoms with Gasteiger partial charge in [0, 0.05) is 6.61 Å². The van der Waals surface area contributed by atoms with Gasteiger partial charge in [-0.2, -0.15) is 0 Å². The third-order valence-corrected chi connectivity index (χ3v) is 4.62. The van der Waals surface area contributed by atoms with Crippen LogP contribution in [0.3, 0.4) is 0 Å². The lowest BCUT2D eigenvalue weighted by molar-refractivity contribution is 0.226. The smallest absolute Gasteiger partial charge is 0.178 e. The summed E-state index contributed by atoms with van der Waals surface area (Å²) in [5.74, 6) is 0.0601. The summed E-state index contributed by atoms with van der Waals surface area (Å²) in [6.45, 7) is 3.71. The molecule has 1 aromatic carbocycles. The molecule has 0 atom stereocenters. The fourth-order valence-electron chi connectivity index (χ4n) is 1.60. The minimum atomic E-state index is -3.25. The van der Waals surface area contributed by atoms with E-state index in [9.17, 15) is 8.42 Å². The Morgan fingerprint density at radius 1 is 1.19 bits per heavy atom. The lowest BCUT2D eigenvalue weighted by Crippen LogP contribution is -2.25. The Balaban J connectivity index is 2.89. The molecule has 90 valence electrons. The molecule has 0 aliphatic rings. The van der Waals surface area contributed by atoms with Crippen LogP contribution >= 0.6 is 0 Å². The van der Waals surface area contributed by atoms with Gasteiger partial charge in [-0.1, -0.05) is 32.0 Å². The first-order valence-electron chi connectivity index (χ1n) is 5.26. The predicted molar refractivity (Wildman–Crippen MR) is 64.0 cm³/mol. The van der Waals surface area contributed by atoms with Crippen LogP contribution < -0.4 is 0 Å². The molecule has 0 saturated carbocycles. The van der Waals surface area contributed by atoms with Crippen molar-refractivity contribution in [3.63, 3.8) is 0 Å². The van der Waals surface area contributed by atoms with E-state index in [2.05, 4.69) is 0 Å². The number of hydrogen-bond acceptors (Lipinski definition) is 3. The first-order valence-corrected chi connectivity index (χ1v) is 6.91. The van der Waals surface area contributed by atoms with Gasteiger partial charge in [-0.3, -0.25) is 0 Å². The van der Waals surface area contributed by atoms with Crippen LogP contribution in [0.2, 0.25) is 0 Å². The van der Waals surface area contributed by atoms with Gasteiger partial charge in [-0.15, -0.1) is 0 Å². The maximum absolute atomic E-state index is 12.0. The third kappa shape index (κ3) is 3.61. The molecule has 0 saturated heterocycles. The minimum absolute atomic E-state index is 0.0112. The molecule has 0 bridgehead atoms. The Labute approximate surface area is 97.0 Å². The number of aliphatic hydroxyl groups excluding tert-OH is 1. The molecule has 0 fully saturated rings. The molecule has 0 aliphatic carbocycles. The zero-order valence-corrected chi connectivity index (χ0v) is 10.5. The summed E-state index contributed by atoms with van der Waals surface area (Å²) < 4.78 is 24.1. The highest BCUT2D eigenvalue weighted by Crippen LogP contribution is 2.25. The predicted octanol–water partition coefficient (Wildman–Crippen LogP) is 1.87. The number of rotatable bonds is 5. The average Bonchev–Trinajstić information content (AvgIpc) is 2.17. The van der Waals surface area contributed by atoms with Gasteiger partial charge < -0.3 is 5.11 Å². The van der Waals surface area contributed by atoms with Crippen molar-refractivity contribution in [1.29, 1.82) is 0 Å². The van der Waals surface area contributed by atoms with Gasteiger partial charge in [0.15, 0.2) is 9.84 Å². The summed E-state index contributed by atoms with van der Waals surface area (Å²) in [5.41, 5.74) is -0.399. The molecule has 0 heterocycles. The van der Waals surface area contributed by atoms with Gasteiger partial charge in [0.25, 0.3) is 0 Å². The molecule has 1 rings (SSSR count). The van der Waals surface area contributed by atoms with Crippen molar-refractivity contribution in [1.82, 2.24) is 0 Å². The van der Waals surface area contributed by atoms with E-state index in [0.717, 1.165) is 0 Å². The first-order chi connectivity index (χ1) is 7.37. The van der Waals surface area contributed by atoms with E-state index in [1.807, 2.05) is 13.8 Å². The molecule has 1 N–H and O–H groups in total. The zero-order valence-electron chi connectivity index (χ0n) is 9.68. The highest BCUT2D eigenvalue weighted by Gasteiger charge is 2.26. The lowest BCUT2D eigenvalue weighted by atomic mass is 9.93. The summed E-state index contributed by atoms with van der Waals surface area (Å²) in [6.07, 6.45) is 0.485. The summed E-state index contributed by atoms with van der Waals surface area (Å²) in [7, 11) is -3.25. The number of sulfone groups is 1. The normalized spacial score (nSPS) is 12.7. The fraction of sp³-hybridized carbons (Fsp3) is 0.500. The van der Waals surface area contributed by atoms with Gasteiger partial charge in [0.05, 0.1) is 10.6 Å². The molecule has 0 aliphatic heterocycles. The van der Waals surface area contributed by atoms with Crippen LogP contribution in [0, 0.1) is 5.41 Å². The first kappa shape index (κ1) is 13.2. The largest absolute Gasteiger partial charge is 0.396 e. The third-order valence-electron chi connectivity index (χ3n) is 2.47. The second-order valence-corrected chi connectivity index (χ2v) is 6.70. The van der Waals surface area contributed by atoms with Crippen molar-refractivity contribution < 1.29 is 13.5 Å². The molecule has 0 spiro atoms. The van der Waals surface area contributed by atoms with Gasteiger partial charge >= 0.3 is 0 Å². The van der Waals surface area contributed by atoms with Gasteiger partial charge in [-0.05, 0) is 24.0 Å². The van der Waals surface area contributed by atoms with Crippen molar-refractivity contribution >= 4 is 9.84 Å². The fourth-order valence-corrected chi connectivity index (χ4v) is 3.51. The minimum Gasteiger partial charge on any atom is -0.396 e. The monoisotopic (exact) mass is 242 g/mol. The Morgan fingerprint density at radius 3 is 2.25 bits per heavy atom. The molecule has 0 aromatic heterocycles. The van der Waals surface area contributed by atoms with Crippen LogP contribution in [-0.2, 0) is 9.84 Å². The van der Waals surface area contributed by atoms with Crippen LogP contribution in [0.1, 0.15) is 20.3 Å².